The molecule has 0 saturated carbocycles. The molecule has 0 bridgehead atoms. The Morgan fingerprint density at radius 2 is 2.23 bits per heavy atom. The van der Waals surface area contributed by atoms with Gasteiger partial charge in [0.2, 0.25) is 0 Å². The first-order valence-corrected chi connectivity index (χ1v) is 3.92. The van der Waals surface area contributed by atoms with E-state index in [0.29, 0.717) is 5.57 Å². The predicted molar refractivity (Wildman–Crippen MR) is 48.8 cm³/mol. The fraction of sp³-hybridized carbons (Fsp3) is 0.625. The smallest absolute Gasteiger partial charge is 0.333 e. The fourth-order valence-electron chi connectivity index (χ4n) is 0.715. The van der Waals surface area contributed by atoms with E-state index in [2.05, 4.69) is 11.8 Å². The average molecular weight is 186 g/mol. The Labute approximate surface area is 76.9 Å². The Hall–Kier alpha value is -1.23. The maximum absolute atomic E-state index is 11.0. The van der Waals surface area contributed by atoms with Crippen LogP contribution in [0.2, 0.25) is 0 Å². The van der Waals surface area contributed by atoms with E-state index in [1.165, 1.54) is 0 Å². The second-order valence-electron chi connectivity index (χ2n) is 2.90. The summed E-state index contributed by atoms with van der Waals surface area (Å²) in [6.07, 6.45) is -1.02. The van der Waals surface area contributed by atoms with Crippen molar-refractivity contribution in [3.8, 4) is 0 Å². The van der Waals surface area contributed by atoms with Crippen molar-refractivity contribution in [3.63, 3.8) is 0 Å². The minimum Gasteiger partial charge on any atom is -0.459 e. The molecular weight excluding hydrogens is 172 g/mol. The molecule has 5 heteroatoms. The summed E-state index contributed by atoms with van der Waals surface area (Å²) in [6, 6.07) is 0. The molecule has 0 spiro atoms. The maximum atomic E-state index is 11.0. The molecule has 0 aliphatic rings. The number of carbonyl (C=O) groups is 1. The van der Waals surface area contributed by atoms with E-state index < -0.39 is 18.2 Å². The number of hydrogen-bond acceptors (Lipinski definition) is 5. The lowest BCUT2D eigenvalue weighted by Gasteiger charge is -2.13. The SMILES string of the molecule is C=C(C)C(=O)OC(C)CC(N)N=O. The molecule has 0 aromatic heterocycles. The van der Waals surface area contributed by atoms with E-state index in [1.807, 2.05) is 0 Å². The molecule has 0 aromatic rings. The van der Waals surface area contributed by atoms with Gasteiger partial charge < -0.3 is 10.5 Å². The van der Waals surface area contributed by atoms with Crippen molar-refractivity contribution in [1.82, 2.24) is 0 Å². The van der Waals surface area contributed by atoms with E-state index in [4.69, 9.17) is 10.5 Å². The normalized spacial score (nSPS) is 14.4. The van der Waals surface area contributed by atoms with E-state index in [0.717, 1.165) is 0 Å². The molecule has 0 heterocycles. The van der Waals surface area contributed by atoms with Gasteiger partial charge in [-0.25, -0.2) is 4.79 Å². The Kier molecular flexibility index (Phi) is 4.91. The van der Waals surface area contributed by atoms with Gasteiger partial charge in [0, 0.05) is 12.0 Å². The van der Waals surface area contributed by atoms with Crippen LogP contribution in [0.1, 0.15) is 20.3 Å². The van der Waals surface area contributed by atoms with Gasteiger partial charge in [-0.3, -0.25) is 0 Å². The molecule has 2 N–H and O–H groups in total. The minimum atomic E-state index is -0.826. The van der Waals surface area contributed by atoms with Crippen LogP contribution in [0.5, 0.6) is 0 Å². The number of ether oxygens (including phenoxy) is 1. The molecule has 74 valence electrons. The first-order chi connectivity index (χ1) is 5.97. The summed E-state index contributed by atoms with van der Waals surface area (Å²) in [4.78, 5) is 20.9. The van der Waals surface area contributed by atoms with Crippen molar-refractivity contribution in [2.24, 2.45) is 10.9 Å². The summed E-state index contributed by atoms with van der Waals surface area (Å²) >= 11 is 0. The zero-order valence-corrected chi connectivity index (χ0v) is 7.82. The highest BCUT2D eigenvalue weighted by Gasteiger charge is 2.13. The van der Waals surface area contributed by atoms with E-state index in [9.17, 15) is 9.70 Å². The lowest BCUT2D eigenvalue weighted by molar-refractivity contribution is -0.143. The molecule has 2 unspecified atom stereocenters. The number of esters is 1. The topological polar surface area (TPSA) is 81.8 Å². The molecule has 5 nitrogen and oxygen atoms in total. The van der Waals surface area contributed by atoms with E-state index in [-0.39, 0.29) is 6.42 Å². The van der Waals surface area contributed by atoms with Crippen LogP contribution in [-0.4, -0.2) is 18.2 Å². The van der Waals surface area contributed by atoms with Crippen LogP contribution in [0.3, 0.4) is 0 Å². The summed E-state index contributed by atoms with van der Waals surface area (Å²) in [5.74, 6) is -0.481. The Balaban J connectivity index is 3.87. The monoisotopic (exact) mass is 186 g/mol. The minimum absolute atomic E-state index is 0.225. The fourth-order valence-corrected chi connectivity index (χ4v) is 0.715. The molecule has 0 aromatic carbocycles. The van der Waals surface area contributed by atoms with Crippen LogP contribution >= 0.6 is 0 Å². The third-order valence-electron chi connectivity index (χ3n) is 1.37. The zero-order chi connectivity index (χ0) is 10.4. The van der Waals surface area contributed by atoms with Crippen molar-refractivity contribution in [2.75, 3.05) is 0 Å². The predicted octanol–water partition coefficient (Wildman–Crippen LogP) is 0.935. The van der Waals surface area contributed by atoms with Gasteiger partial charge in [0.25, 0.3) is 0 Å². The summed E-state index contributed by atoms with van der Waals surface area (Å²) in [7, 11) is 0. The number of nitroso groups, excluding NO2 is 1. The summed E-state index contributed by atoms with van der Waals surface area (Å²) in [6.45, 7) is 6.61. The van der Waals surface area contributed by atoms with E-state index in [1.54, 1.807) is 13.8 Å². The quantitative estimate of drug-likeness (QED) is 0.393. The lowest BCUT2D eigenvalue weighted by Crippen LogP contribution is -2.25. The Morgan fingerprint density at radius 3 is 2.62 bits per heavy atom. The molecule has 2 atom stereocenters. The summed E-state index contributed by atoms with van der Waals surface area (Å²) in [5.41, 5.74) is 5.55. The van der Waals surface area contributed by atoms with Crippen molar-refractivity contribution >= 4 is 5.97 Å². The molecule has 0 fully saturated rings. The van der Waals surface area contributed by atoms with Gasteiger partial charge in [0.15, 0.2) is 0 Å². The Morgan fingerprint density at radius 1 is 1.69 bits per heavy atom. The van der Waals surface area contributed by atoms with Crippen LogP contribution in [0.25, 0.3) is 0 Å². The third-order valence-corrected chi connectivity index (χ3v) is 1.37. The first-order valence-electron chi connectivity index (χ1n) is 3.92. The maximum Gasteiger partial charge on any atom is 0.333 e. The zero-order valence-electron chi connectivity index (χ0n) is 7.82. The van der Waals surface area contributed by atoms with Gasteiger partial charge in [-0.05, 0) is 13.8 Å². The highest BCUT2D eigenvalue weighted by atomic mass is 16.5. The van der Waals surface area contributed by atoms with Crippen molar-refractivity contribution < 1.29 is 9.53 Å². The second kappa shape index (κ2) is 5.42. The molecule has 0 radical (unpaired) electrons. The van der Waals surface area contributed by atoms with E-state index >= 15 is 0 Å². The second-order valence-corrected chi connectivity index (χ2v) is 2.90. The van der Waals surface area contributed by atoms with Gasteiger partial charge in [0.1, 0.15) is 12.3 Å². The molecule has 0 aliphatic heterocycles. The van der Waals surface area contributed by atoms with Crippen LogP contribution in [-0.2, 0) is 9.53 Å². The molecule has 0 aliphatic carbocycles. The molecule has 0 amide bonds. The van der Waals surface area contributed by atoms with Crippen LogP contribution in [0, 0.1) is 4.91 Å². The summed E-state index contributed by atoms with van der Waals surface area (Å²) < 4.78 is 4.87. The number of hydrogen-bond donors (Lipinski definition) is 1. The van der Waals surface area contributed by atoms with Crippen LogP contribution in [0.15, 0.2) is 17.3 Å². The third kappa shape index (κ3) is 5.08. The standard InChI is InChI=1S/C8H14N2O3/c1-5(2)8(11)13-6(3)4-7(9)10-12/h6-7H,1,4,9H2,2-3H3. The van der Waals surface area contributed by atoms with Gasteiger partial charge in [-0.15, -0.1) is 4.91 Å². The number of nitrogens with two attached hydrogens (primary N) is 1. The largest absolute Gasteiger partial charge is 0.459 e. The molecule has 0 saturated heterocycles. The van der Waals surface area contributed by atoms with Gasteiger partial charge >= 0.3 is 5.97 Å². The van der Waals surface area contributed by atoms with Gasteiger partial charge in [-0.2, -0.15) is 0 Å². The van der Waals surface area contributed by atoms with Gasteiger partial charge in [-0.1, -0.05) is 11.8 Å². The van der Waals surface area contributed by atoms with Crippen LogP contribution < -0.4 is 5.73 Å². The Bertz CT molecular complexity index is 215. The average Bonchev–Trinajstić information content (AvgIpc) is 2.03. The highest BCUT2D eigenvalue weighted by molar-refractivity contribution is 5.87. The number of carbonyl (C=O) groups excluding carboxylic acids is 1. The van der Waals surface area contributed by atoms with Crippen molar-refractivity contribution in [1.29, 1.82) is 0 Å². The number of rotatable bonds is 5. The van der Waals surface area contributed by atoms with Crippen molar-refractivity contribution in [3.05, 3.63) is 17.1 Å². The first kappa shape index (κ1) is 11.8. The summed E-state index contributed by atoms with van der Waals surface area (Å²) in [5, 5.41) is 2.59. The molecule has 0 rings (SSSR count). The lowest BCUT2D eigenvalue weighted by atomic mass is 10.2. The van der Waals surface area contributed by atoms with Gasteiger partial charge in [0.05, 0.1) is 0 Å². The molecular formula is C8H14N2O3. The highest BCUT2D eigenvalue weighted by Crippen LogP contribution is 2.04. The number of nitrogens with zero attached hydrogens (tertiary/aromatic N) is 1. The molecule has 13 heavy (non-hydrogen) atoms. The van der Waals surface area contributed by atoms with Crippen LogP contribution in [0.4, 0.5) is 0 Å². The van der Waals surface area contributed by atoms with Crippen molar-refractivity contribution in [2.45, 2.75) is 32.5 Å².